The standard InChI is InChI=1S/C38H28N2O4/c41-35-29(37-39-31(21-43-37)23-11-3-1-4-12-23)19-25-15-7-9-17-27(25)33(35)34-28-18-10-8-16-26(28)20-30(36(34)42)38-40-32(22-44-38)24-13-5-2-6-14-24/h1-20,31-32,41-42H,21-22H2. The van der Waals surface area contributed by atoms with Crippen molar-refractivity contribution >= 4 is 33.3 Å². The number of benzene rings is 6. The monoisotopic (exact) mass is 576 g/mol. The molecule has 0 aliphatic carbocycles. The van der Waals surface area contributed by atoms with E-state index in [0.717, 1.165) is 32.7 Å². The number of aliphatic imine (C=N–C) groups is 2. The van der Waals surface area contributed by atoms with E-state index in [-0.39, 0.29) is 23.6 Å². The molecule has 0 amide bonds. The first-order chi connectivity index (χ1) is 21.7. The van der Waals surface area contributed by atoms with Gasteiger partial charge in [-0.2, -0.15) is 0 Å². The number of fused-ring (bicyclic) bond motifs is 2. The SMILES string of the molecule is Oc1c(C2=NC(c3ccccc3)CO2)cc2ccccc2c1-c1c(O)c(C2=NC(c3ccccc3)CO2)cc2ccccc12. The summed E-state index contributed by atoms with van der Waals surface area (Å²) in [4.78, 5) is 9.73. The zero-order valence-electron chi connectivity index (χ0n) is 23.7. The van der Waals surface area contributed by atoms with Gasteiger partial charge in [-0.1, -0.05) is 109 Å². The van der Waals surface area contributed by atoms with Crippen molar-refractivity contribution in [1.29, 1.82) is 0 Å². The van der Waals surface area contributed by atoms with E-state index in [1.807, 2.05) is 121 Å². The molecule has 0 saturated heterocycles. The predicted octanol–water partition coefficient (Wildman–Crippen LogP) is 8.11. The van der Waals surface area contributed by atoms with E-state index in [9.17, 15) is 10.2 Å². The number of nitrogens with zero attached hydrogens (tertiary/aromatic N) is 2. The molecule has 2 unspecified atom stereocenters. The lowest BCUT2D eigenvalue weighted by Gasteiger charge is -2.18. The van der Waals surface area contributed by atoms with Crippen molar-refractivity contribution in [1.82, 2.24) is 0 Å². The average Bonchev–Trinajstić information content (AvgIpc) is 3.77. The van der Waals surface area contributed by atoms with Gasteiger partial charge in [-0.25, -0.2) is 9.98 Å². The van der Waals surface area contributed by atoms with Crippen molar-refractivity contribution in [3.63, 3.8) is 0 Å². The minimum Gasteiger partial charge on any atom is -0.506 e. The van der Waals surface area contributed by atoms with Gasteiger partial charge in [0.2, 0.25) is 11.8 Å². The van der Waals surface area contributed by atoms with Gasteiger partial charge in [0.15, 0.2) is 0 Å². The Balaban J connectivity index is 1.34. The zero-order chi connectivity index (χ0) is 29.6. The largest absolute Gasteiger partial charge is 0.506 e. The second kappa shape index (κ2) is 10.6. The van der Waals surface area contributed by atoms with Crippen LogP contribution in [0, 0.1) is 0 Å². The van der Waals surface area contributed by atoms with Crippen LogP contribution >= 0.6 is 0 Å². The molecule has 2 heterocycles. The molecule has 6 heteroatoms. The number of aromatic hydroxyl groups is 2. The molecule has 214 valence electrons. The normalized spacial score (nSPS) is 17.7. The Hall–Kier alpha value is -5.62. The predicted molar refractivity (Wildman–Crippen MR) is 174 cm³/mol. The van der Waals surface area contributed by atoms with Gasteiger partial charge in [0, 0.05) is 11.1 Å². The third kappa shape index (κ3) is 4.34. The third-order valence-corrected chi connectivity index (χ3v) is 8.43. The highest BCUT2D eigenvalue weighted by Gasteiger charge is 2.30. The molecule has 2 atom stereocenters. The summed E-state index contributed by atoms with van der Waals surface area (Å²) in [6.07, 6.45) is 0. The maximum absolute atomic E-state index is 12.1. The van der Waals surface area contributed by atoms with Crippen molar-refractivity contribution in [3.05, 3.63) is 144 Å². The Kier molecular flexibility index (Phi) is 6.26. The van der Waals surface area contributed by atoms with Crippen molar-refractivity contribution in [3.8, 4) is 22.6 Å². The first-order valence-corrected chi connectivity index (χ1v) is 14.7. The van der Waals surface area contributed by atoms with E-state index < -0.39 is 0 Å². The molecule has 6 aromatic rings. The highest BCUT2D eigenvalue weighted by Crippen LogP contribution is 2.48. The van der Waals surface area contributed by atoms with Crippen molar-refractivity contribution in [2.45, 2.75) is 12.1 Å². The average molecular weight is 577 g/mol. The van der Waals surface area contributed by atoms with Crippen LogP contribution in [0.5, 0.6) is 11.5 Å². The molecular formula is C38H28N2O4. The van der Waals surface area contributed by atoms with Gasteiger partial charge >= 0.3 is 0 Å². The maximum atomic E-state index is 12.1. The van der Waals surface area contributed by atoms with Crippen LogP contribution in [0.1, 0.15) is 34.3 Å². The maximum Gasteiger partial charge on any atom is 0.220 e. The van der Waals surface area contributed by atoms with Crippen LogP contribution in [0.15, 0.2) is 131 Å². The number of hydrogen-bond acceptors (Lipinski definition) is 6. The van der Waals surface area contributed by atoms with Crippen LogP contribution in [-0.4, -0.2) is 35.2 Å². The third-order valence-electron chi connectivity index (χ3n) is 8.43. The molecule has 0 aromatic heterocycles. The Morgan fingerprint density at radius 3 is 1.32 bits per heavy atom. The summed E-state index contributed by atoms with van der Waals surface area (Å²) in [5.41, 5.74) is 4.05. The smallest absolute Gasteiger partial charge is 0.220 e. The molecule has 2 N–H and O–H groups in total. The highest BCUT2D eigenvalue weighted by molar-refractivity contribution is 6.16. The molecule has 0 radical (unpaired) electrons. The number of phenols is 2. The van der Waals surface area contributed by atoms with E-state index >= 15 is 0 Å². The fourth-order valence-corrected chi connectivity index (χ4v) is 6.24. The quantitative estimate of drug-likeness (QED) is 0.217. The number of hydrogen-bond donors (Lipinski definition) is 2. The Bertz CT molecular complexity index is 1950. The van der Waals surface area contributed by atoms with E-state index in [1.54, 1.807) is 0 Å². The fraction of sp³-hybridized carbons (Fsp3) is 0.105. The summed E-state index contributed by atoms with van der Waals surface area (Å²) in [7, 11) is 0. The van der Waals surface area contributed by atoms with Gasteiger partial charge in [0.1, 0.15) is 36.8 Å². The van der Waals surface area contributed by atoms with Gasteiger partial charge in [0.05, 0.1) is 11.1 Å². The number of ether oxygens (including phenoxy) is 2. The van der Waals surface area contributed by atoms with Crippen molar-refractivity contribution < 1.29 is 19.7 Å². The first-order valence-electron chi connectivity index (χ1n) is 14.7. The van der Waals surface area contributed by atoms with E-state index in [0.29, 0.717) is 47.3 Å². The van der Waals surface area contributed by atoms with Crippen molar-refractivity contribution in [2.75, 3.05) is 13.2 Å². The van der Waals surface area contributed by atoms with Gasteiger partial charge in [-0.3, -0.25) is 0 Å². The van der Waals surface area contributed by atoms with Gasteiger partial charge in [-0.15, -0.1) is 0 Å². The molecule has 6 nitrogen and oxygen atoms in total. The summed E-state index contributed by atoms with van der Waals surface area (Å²) >= 11 is 0. The second-order valence-electron chi connectivity index (χ2n) is 11.1. The van der Waals surface area contributed by atoms with Crippen LogP contribution in [0.2, 0.25) is 0 Å². The van der Waals surface area contributed by atoms with Gasteiger partial charge in [0.25, 0.3) is 0 Å². The lowest BCUT2D eigenvalue weighted by atomic mass is 9.88. The molecule has 0 saturated carbocycles. The zero-order valence-corrected chi connectivity index (χ0v) is 23.7. The summed E-state index contributed by atoms with van der Waals surface area (Å²) in [6, 6.07) is 39.1. The van der Waals surface area contributed by atoms with Gasteiger partial charge < -0.3 is 19.7 Å². The van der Waals surface area contributed by atoms with Crippen LogP contribution in [0.25, 0.3) is 32.7 Å². The number of rotatable bonds is 5. The minimum absolute atomic E-state index is 0.00907. The Labute approximate surface area is 254 Å². The Morgan fingerprint density at radius 1 is 0.500 bits per heavy atom. The number of phenolic OH excluding ortho intramolecular Hbond substituents is 2. The first kappa shape index (κ1) is 26.0. The molecule has 0 bridgehead atoms. The summed E-state index contributed by atoms with van der Waals surface area (Å²) in [5, 5.41) is 27.5. The summed E-state index contributed by atoms with van der Waals surface area (Å²) < 4.78 is 12.2. The molecule has 2 aliphatic heterocycles. The van der Waals surface area contributed by atoms with E-state index in [1.165, 1.54) is 0 Å². The van der Waals surface area contributed by atoms with Crippen LogP contribution in [0.3, 0.4) is 0 Å². The summed E-state index contributed by atoms with van der Waals surface area (Å²) in [5.74, 6) is 0.727. The van der Waals surface area contributed by atoms with Crippen LogP contribution in [-0.2, 0) is 9.47 Å². The fourth-order valence-electron chi connectivity index (χ4n) is 6.24. The molecular weight excluding hydrogens is 548 g/mol. The van der Waals surface area contributed by atoms with E-state index in [4.69, 9.17) is 19.5 Å². The lowest BCUT2D eigenvalue weighted by Crippen LogP contribution is -2.05. The van der Waals surface area contributed by atoms with Gasteiger partial charge in [-0.05, 0) is 44.8 Å². The second-order valence-corrected chi connectivity index (χ2v) is 11.1. The molecule has 44 heavy (non-hydrogen) atoms. The topological polar surface area (TPSA) is 83.6 Å². The molecule has 0 spiro atoms. The molecule has 6 aromatic carbocycles. The molecule has 0 fully saturated rings. The Morgan fingerprint density at radius 2 is 0.886 bits per heavy atom. The molecule has 2 aliphatic rings. The highest BCUT2D eigenvalue weighted by atomic mass is 16.5. The van der Waals surface area contributed by atoms with Crippen molar-refractivity contribution in [2.24, 2.45) is 9.98 Å². The molecule has 8 rings (SSSR count). The summed E-state index contributed by atoms with van der Waals surface area (Å²) in [6.45, 7) is 0.759. The van der Waals surface area contributed by atoms with E-state index in [2.05, 4.69) is 0 Å². The van der Waals surface area contributed by atoms with Crippen LogP contribution < -0.4 is 0 Å². The lowest BCUT2D eigenvalue weighted by molar-refractivity contribution is 0.318. The minimum atomic E-state index is -0.173. The van der Waals surface area contributed by atoms with Crippen LogP contribution in [0.4, 0.5) is 0 Å².